The van der Waals surface area contributed by atoms with Gasteiger partial charge in [0.05, 0.1) is 17.7 Å². The molecule has 2 heterocycles. The van der Waals surface area contributed by atoms with Gasteiger partial charge in [-0.15, -0.1) is 5.10 Å². The molecule has 15 heteroatoms. The summed E-state index contributed by atoms with van der Waals surface area (Å²) in [5, 5.41) is 15.6. The second-order valence-corrected chi connectivity index (χ2v) is 8.76. The van der Waals surface area contributed by atoms with Gasteiger partial charge >= 0.3 is 18.0 Å². The van der Waals surface area contributed by atoms with Crippen molar-refractivity contribution in [3.63, 3.8) is 0 Å². The molecule has 3 aromatic rings. The van der Waals surface area contributed by atoms with E-state index >= 15 is 4.39 Å². The van der Waals surface area contributed by atoms with Crippen LogP contribution in [0.15, 0.2) is 35.1 Å². The molecule has 1 aliphatic heterocycles. The minimum Gasteiger partial charge on any atom is -0.480 e. The predicted octanol–water partition coefficient (Wildman–Crippen LogP) is 4.60. The monoisotopic (exact) mass is 562 g/mol. The fourth-order valence-electron chi connectivity index (χ4n) is 4.12. The van der Waals surface area contributed by atoms with Gasteiger partial charge in [-0.05, 0) is 38.0 Å². The fourth-order valence-corrected chi connectivity index (χ4v) is 4.12. The molecule has 2 N–H and O–H groups in total. The van der Waals surface area contributed by atoms with Crippen molar-refractivity contribution in [3.8, 4) is 11.4 Å². The predicted molar refractivity (Wildman–Crippen MR) is 122 cm³/mol. The van der Waals surface area contributed by atoms with Crippen LogP contribution in [0.4, 0.5) is 36.4 Å². The van der Waals surface area contributed by atoms with E-state index in [9.17, 15) is 41.0 Å². The largest absolute Gasteiger partial charge is 0.480 e. The Bertz CT molecular complexity index is 1460. The number of fused-ring (bicyclic) bond motifs is 1. The lowest BCUT2D eigenvalue weighted by Crippen LogP contribution is -2.32. The number of aryl methyl sites for hydroxylation is 1. The third kappa shape index (κ3) is 5.62. The second kappa shape index (κ2) is 10.4. The van der Waals surface area contributed by atoms with E-state index in [1.54, 1.807) is 0 Å². The molecule has 0 bridgehead atoms. The van der Waals surface area contributed by atoms with Crippen molar-refractivity contribution in [3.05, 3.63) is 69.1 Å². The van der Waals surface area contributed by atoms with Crippen LogP contribution in [-0.2, 0) is 25.7 Å². The zero-order chi connectivity index (χ0) is 28.7. The Labute approximate surface area is 215 Å². The normalized spacial score (nSPS) is 14.6. The lowest BCUT2D eigenvalue weighted by Gasteiger charge is -2.21. The van der Waals surface area contributed by atoms with E-state index in [-0.39, 0.29) is 0 Å². The minimum atomic E-state index is -4.91. The summed E-state index contributed by atoms with van der Waals surface area (Å²) in [6, 6.07) is 3.83. The van der Waals surface area contributed by atoms with Crippen LogP contribution in [0.5, 0.6) is 5.75 Å². The molecule has 0 saturated carbocycles. The number of carbonyl (C=O) groups is 1. The van der Waals surface area contributed by atoms with Crippen LogP contribution in [0, 0.1) is 5.82 Å². The number of hydrogen-bond acceptors (Lipinski definition) is 5. The van der Waals surface area contributed by atoms with Gasteiger partial charge in [0.15, 0.2) is 6.10 Å². The average molecular weight is 562 g/mol. The maximum Gasteiger partial charge on any atom is 0.425 e. The summed E-state index contributed by atoms with van der Waals surface area (Å²) in [5.41, 5.74) is -4.60. The molecule has 1 amide bonds. The Hall–Kier alpha value is -3.88. The molecule has 0 saturated heterocycles. The Morgan fingerprint density at radius 1 is 1.18 bits per heavy atom. The highest BCUT2D eigenvalue weighted by molar-refractivity contribution is 6.06. The lowest BCUT2D eigenvalue weighted by atomic mass is 10.0. The number of anilines is 1. The fraction of sp³-hybridized carbons (Fsp3) is 0.375. The number of hydrogen-bond donors (Lipinski definition) is 2. The van der Waals surface area contributed by atoms with Crippen molar-refractivity contribution >= 4 is 11.6 Å². The van der Waals surface area contributed by atoms with E-state index in [1.807, 2.05) is 0 Å². The Kier molecular flexibility index (Phi) is 7.47. The van der Waals surface area contributed by atoms with Crippen LogP contribution in [0.25, 0.3) is 5.69 Å². The van der Waals surface area contributed by atoms with Crippen LogP contribution < -0.4 is 15.7 Å². The zero-order valence-corrected chi connectivity index (χ0v) is 20.2. The SMILES string of the molecule is CC(Oc1cc(-n2nc3n(c2=O)CCCC3)c(F)cc1C(=O)Nc1cccc(C(F)(F)F)c1CO)C(F)(F)F. The molecule has 2 aromatic carbocycles. The van der Waals surface area contributed by atoms with Gasteiger partial charge in [0.1, 0.15) is 23.1 Å². The lowest BCUT2D eigenvalue weighted by molar-refractivity contribution is -0.189. The van der Waals surface area contributed by atoms with Gasteiger partial charge in [-0.2, -0.15) is 31.0 Å². The third-order valence-corrected chi connectivity index (χ3v) is 6.15. The number of aliphatic hydroxyl groups is 1. The first-order valence-corrected chi connectivity index (χ1v) is 11.6. The number of amides is 1. The quantitative estimate of drug-likeness (QED) is 0.428. The summed E-state index contributed by atoms with van der Waals surface area (Å²) in [5.74, 6) is -3.00. The first-order chi connectivity index (χ1) is 18.2. The smallest absolute Gasteiger partial charge is 0.425 e. The molecule has 8 nitrogen and oxygen atoms in total. The zero-order valence-electron chi connectivity index (χ0n) is 20.2. The molecule has 0 aliphatic carbocycles. The highest BCUT2D eigenvalue weighted by Gasteiger charge is 2.39. The van der Waals surface area contributed by atoms with Crippen molar-refractivity contribution in [2.24, 2.45) is 0 Å². The van der Waals surface area contributed by atoms with Gasteiger partial charge in [0, 0.05) is 30.3 Å². The number of aliphatic hydroxyl groups excluding tert-OH is 1. The van der Waals surface area contributed by atoms with Crippen LogP contribution in [0.1, 0.15) is 47.1 Å². The number of halogens is 7. The summed E-state index contributed by atoms with van der Waals surface area (Å²) in [7, 11) is 0. The highest BCUT2D eigenvalue weighted by atomic mass is 19.4. The molecular weight excluding hydrogens is 541 g/mol. The number of nitrogens with one attached hydrogen (secondary N) is 1. The van der Waals surface area contributed by atoms with Gasteiger partial charge < -0.3 is 15.2 Å². The van der Waals surface area contributed by atoms with Gasteiger partial charge in [-0.25, -0.2) is 9.18 Å². The number of alkyl halides is 6. The summed E-state index contributed by atoms with van der Waals surface area (Å²) in [6.07, 6.45) is -10.5. The Morgan fingerprint density at radius 2 is 1.90 bits per heavy atom. The minimum absolute atomic E-state index is 0.314. The molecule has 1 atom stereocenters. The highest BCUT2D eigenvalue weighted by Crippen LogP contribution is 2.36. The van der Waals surface area contributed by atoms with Crippen molar-refractivity contribution in [2.45, 2.75) is 57.8 Å². The summed E-state index contributed by atoms with van der Waals surface area (Å²) in [4.78, 5) is 25.8. The van der Waals surface area contributed by atoms with Crippen molar-refractivity contribution in [1.29, 1.82) is 0 Å². The average Bonchev–Trinajstić information content (AvgIpc) is 3.19. The molecule has 0 radical (unpaired) electrons. The first kappa shape index (κ1) is 28.1. The summed E-state index contributed by atoms with van der Waals surface area (Å²) in [6.45, 7) is -0.196. The van der Waals surface area contributed by atoms with E-state index in [0.717, 1.165) is 18.6 Å². The van der Waals surface area contributed by atoms with Crippen LogP contribution in [0.3, 0.4) is 0 Å². The number of ether oxygens (including phenoxy) is 1. The van der Waals surface area contributed by atoms with Crippen molar-refractivity contribution in [2.75, 3.05) is 5.32 Å². The van der Waals surface area contributed by atoms with E-state index < -0.39 is 76.3 Å². The molecule has 0 fully saturated rings. The number of carbonyl (C=O) groups excluding carboxylic acids is 1. The third-order valence-electron chi connectivity index (χ3n) is 6.15. The van der Waals surface area contributed by atoms with E-state index in [4.69, 9.17) is 4.74 Å². The summed E-state index contributed by atoms with van der Waals surface area (Å²) >= 11 is 0. The standard InChI is InChI=1S/C24H21F7N4O4/c1-12(23(26,27)28)39-19-10-18(35-22(38)34-8-3-2-7-20(34)33-35)16(25)9-13(19)21(37)32-17-6-4-5-15(14(17)11-36)24(29,30)31/h4-6,9-10,12,36H,2-3,7-8,11H2,1H3,(H,32,37). The second-order valence-electron chi connectivity index (χ2n) is 8.76. The molecule has 0 spiro atoms. The Balaban J connectivity index is 1.80. The maximum absolute atomic E-state index is 15.2. The van der Waals surface area contributed by atoms with Crippen LogP contribution in [0.2, 0.25) is 0 Å². The molecule has 1 aliphatic rings. The number of nitrogens with zero attached hydrogens (tertiary/aromatic N) is 3. The molecular formula is C24H21F7N4O4. The maximum atomic E-state index is 15.2. The molecule has 39 heavy (non-hydrogen) atoms. The van der Waals surface area contributed by atoms with Crippen molar-refractivity contribution < 1.29 is 45.4 Å². The van der Waals surface area contributed by atoms with E-state index in [2.05, 4.69) is 10.4 Å². The topological polar surface area (TPSA) is 98.4 Å². The molecule has 210 valence electrons. The van der Waals surface area contributed by atoms with Gasteiger partial charge in [0.2, 0.25) is 0 Å². The number of rotatable bonds is 6. The molecule has 1 unspecified atom stereocenters. The first-order valence-electron chi connectivity index (χ1n) is 11.6. The van der Waals surface area contributed by atoms with Crippen molar-refractivity contribution in [1.82, 2.24) is 14.3 Å². The molecule has 4 rings (SSSR count). The van der Waals surface area contributed by atoms with Gasteiger partial charge in [-0.1, -0.05) is 6.07 Å². The van der Waals surface area contributed by atoms with Gasteiger partial charge in [-0.3, -0.25) is 9.36 Å². The molecule has 1 aromatic heterocycles. The van der Waals surface area contributed by atoms with Crippen LogP contribution in [-0.4, -0.2) is 37.6 Å². The van der Waals surface area contributed by atoms with Crippen LogP contribution >= 0.6 is 0 Å². The van der Waals surface area contributed by atoms with E-state index in [1.165, 1.54) is 4.57 Å². The van der Waals surface area contributed by atoms with E-state index in [0.29, 0.717) is 55.0 Å². The van der Waals surface area contributed by atoms with Gasteiger partial charge in [0.25, 0.3) is 5.91 Å². The number of aromatic nitrogens is 3. The summed E-state index contributed by atoms with van der Waals surface area (Å²) < 4.78 is 102. The Morgan fingerprint density at radius 3 is 2.51 bits per heavy atom. The number of benzene rings is 2.